The van der Waals surface area contributed by atoms with Crippen LogP contribution in [0.1, 0.15) is 28.3 Å². The van der Waals surface area contributed by atoms with Crippen LogP contribution in [-0.4, -0.2) is 41.8 Å². The Kier molecular flexibility index (Phi) is 7.26. The number of aliphatic hydroxyl groups excluding tert-OH is 1. The fourth-order valence-corrected chi connectivity index (χ4v) is 4.08. The maximum atomic E-state index is 13.0. The van der Waals surface area contributed by atoms with E-state index in [9.17, 15) is 19.8 Å². The van der Waals surface area contributed by atoms with Crippen LogP contribution < -0.4 is 14.4 Å². The Bertz CT molecular complexity index is 1200. The van der Waals surface area contributed by atoms with Crippen molar-refractivity contribution in [2.75, 3.05) is 24.7 Å². The van der Waals surface area contributed by atoms with Crippen molar-refractivity contribution in [3.63, 3.8) is 0 Å². The van der Waals surface area contributed by atoms with Crippen molar-refractivity contribution >= 4 is 40.8 Å². The van der Waals surface area contributed by atoms with Crippen LogP contribution in [0.3, 0.4) is 0 Å². The minimum absolute atomic E-state index is 0.126. The maximum absolute atomic E-state index is 13.0. The summed E-state index contributed by atoms with van der Waals surface area (Å²) in [5.41, 5.74) is 1.53. The zero-order valence-corrected chi connectivity index (χ0v) is 19.4. The lowest BCUT2D eigenvalue weighted by molar-refractivity contribution is -0.139. The number of amides is 1. The van der Waals surface area contributed by atoms with Crippen LogP contribution in [0.5, 0.6) is 17.2 Å². The van der Waals surface area contributed by atoms with E-state index in [4.69, 9.17) is 32.7 Å². The molecule has 1 aliphatic rings. The summed E-state index contributed by atoms with van der Waals surface area (Å²) in [5, 5.41) is 19.7. The molecule has 34 heavy (non-hydrogen) atoms. The zero-order chi connectivity index (χ0) is 24.2. The molecule has 0 spiro atoms. The molecule has 176 valence electrons. The molecule has 0 radical (unpaired) electrons. The van der Waals surface area contributed by atoms with E-state index in [0.29, 0.717) is 52.1 Å². The summed E-state index contributed by atoms with van der Waals surface area (Å²) in [7, 11) is 0. The van der Waals surface area contributed by atoms with Gasteiger partial charge in [-0.3, -0.25) is 9.59 Å². The van der Waals surface area contributed by atoms with Crippen LogP contribution in [0.25, 0.3) is 0 Å². The molecule has 9 heteroatoms. The van der Waals surface area contributed by atoms with Crippen molar-refractivity contribution in [3.8, 4) is 17.2 Å². The van der Waals surface area contributed by atoms with Gasteiger partial charge in [-0.1, -0.05) is 23.2 Å². The Morgan fingerprint density at radius 1 is 1.06 bits per heavy atom. The van der Waals surface area contributed by atoms with E-state index < -0.39 is 11.9 Å². The van der Waals surface area contributed by atoms with Crippen molar-refractivity contribution in [2.24, 2.45) is 0 Å². The number of fused-ring (bicyclic) bond motifs is 1. The van der Waals surface area contributed by atoms with Crippen LogP contribution in [0.2, 0.25) is 10.0 Å². The second-order valence-electron chi connectivity index (χ2n) is 7.63. The Hall–Kier alpha value is -3.26. The summed E-state index contributed by atoms with van der Waals surface area (Å²) in [6.45, 7) is 0.220. The number of carboxylic acid groups (broad SMARTS) is 1. The van der Waals surface area contributed by atoms with Crippen molar-refractivity contribution < 1.29 is 29.3 Å². The number of rotatable bonds is 7. The number of ether oxygens (including phenoxy) is 2. The fourth-order valence-electron chi connectivity index (χ4n) is 3.74. The molecule has 4 rings (SSSR count). The van der Waals surface area contributed by atoms with Gasteiger partial charge in [0.05, 0.1) is 24.2 Å². The standard InChI is InChI=1S/C25H21Cl2NO6/c26-16-3-5-17(6-4-16)28(10-11-29)24(30)15-1-7-18(8-2-15)34-23-14-22-20(13-21(23)27)19(25(31)32)9-12-33-22/h1-8,13-14,19,29H,9-12H2,(H,31,32). The average Bonchev–Trinajstić information content (AvgIpc) is 2.83. The van der Waals surface area contributed by atoms with E-state index in [1.807, 2.05) is 0 Å². The molecule has 3 aromatic rings. The van der Waals surface area contributed by atoms with E-state index >= 15 is 0 Å². The molecular weight excluding hydrogens is 481 g/mol. The minimum atomic E-state index is -0.927. The molecule has 0 saturated carbocycles. The SMILES string of the molecule is O=C(O)C1CCOc2cc(Oc3ccc(C(=O)N(CCO)c4ccc(Cl)cc4)cc3)c(Cl)cc21. The van der Waals surface area contributed by atoms with Gasteiger partial charge >= 0.3 is 5.97 Å². The molecule has 1 amide bonds. The predicted molar refractivity (Wildman–Crippen MR) is 129 cm³/mol. The molecule has 0 aliphatic carbocycles. The summed E-state index contributed by atoms with van der Waals surface area (Å²) in [6.07, 6.45) is 0.373. The van der Waals surface area contributed by atoms with Gasteiger partial charge in [0.25, 0.3) is 5.91 Å². The number of halogens is 2. The van der Waals surface area contributed by atoms with Gasteiger partial charge < -0.3 is 24.6 Å². The third-order valence-corrected chi connectivity index (χ3v) is 5.99. The monoisotopic (exact) mass is 501 g/mol. The van der Waals surface area contributed by atoms with Gasteiger partial charge in [-0.2, -0.15) is 0 Å². The van der Waals surface area contributed by atoms with Crippen molar-refractivity contribution in [1.82, 2.24) is 0 Å². The van der Waals surface area contributed by atoms with Gasteiger partial charge in [0.2, 0.25) is 0 Å². The number of anilines is 1. The normalized spacial score (nSPS) is 14.6. The van der Waals surface area contributed by atoms with E-state index in [-0.39, 0.29) is 24.1 Å². The van der Waals surface area contributed by atoms with E-state index in [1.54, 1.807) is 60.7 Å². The summed E-state index contributed by atoms with van der Waals surface area (Å²) in [4.78, 5) is 26.0. The first-order chi connectivity index (χ1) is 16.4. The van der Waals surface area contributed by atoms with E-state index in [2.05, 4.69) is 0 Å². The molecule has 1 unspecified atom stereocenters. The van der Waals surface area contributed by atoms with Crippen molar-refractivity contribution in [1.29, 1.82) is 0 Å². The second-order valence-corrected chi connectivity index (χ2v) is 8.48. The van der Waals surface area contributed by atoms with E-state index in [0.717, 1.165) is 0 Å². The molecule has 3 aromatic carbocycles. The third-order valence-electron chi connectivity index (χ3n) is 5.44. The summed E-state index contributed by atoms with van der Waals surface area (Å²) in [6, 6.07) is 16.4. The summed E-state index contributed by atoms with van der Waals surface area (Å²) >= 11 is 12.3. The summed E-state index contributed by atoms with van der Waals surface area (Å²) in [5.74, 6) is -0.723. The molecule has 7 nitrogen and oxygen atoms in total. The Morgan fingerprint density at radius 2 is 1.76 bits per heavy atom. The first-order valence-electron chi connectivity index (χ1n) is 10.5. The number of carbonyl (C=O) groups is 2. The largest absolute Gasteiger partial charge is 0.493 e. The topological polar surface area (TPSA) is 96.3 Å². The van der Waals surface area contributed by atoms with Crippen molar-refractivity contribution in [3.05, 3.63) is 81.8 Å². The quantitative estimate of drug-likeness (QED) is 0.451. The number of aliphatic hydroxyl groups is 1. The number of hydrogen-bond acceptors (Lipinski definition) is 5. The molecule has 1 heterocycles. The molecular formula is C25H21Cl2NO6. The number of aliphatic carboxylic acids is 1. The predicted octanol–water partition coefficient (Wildman–Crippen LogP) is 5.38. The zero-order valence-electron chi connectivity index (χ0n) is 17.9. The summed E-state index contributed by atoms with van der Waals surface area (Å²) < 4.78 is 11.5. The van der Waals surface area contributed by atoms with Crippen LogP contribution in [0, 0.1) is 0 Å². The molecule has 0 fully saturated rings. The van der Waals surface area contributed by atoms with Gasteiger partial charge in [-0.25, -0.2) is 0 Å². The van der Waals surface area contributed by atoms with Gasteiger partial charge in [-0.05, 0) is 61.0 Å². The number of nitrogens with zero attached hydrogens (tertiary/aromatic N) is 1. The highest BCUT2D eigenvalue weighted by molar-refractivity contribution is 6.32. The number of benzene rings is 3. The van der Waals surface area contributed by atoms with Gasteiger partial charge in [-0.15, -0.1) is 0 Å². The maximum Gasteiger partial charge on any atom is 0.311 e. The molecule has 1 atom stereocenters. The number of carboxylic acids is 1. The molecule has 1 aliphatic heterocycles. The number of hydrogen-bond donors (Lipinski definition) is 2. The van der Waals surface area contributed by atoms with Gasteiger partial charge in [0, 0.05) is 34.4 Å². The lowest BCUT2D eigenvalue weighted by atomic mass is 9.93. The second kappa shape index (κ2) is 10.3. The van der Waals surface area contributed by atoms with E-state index in [1.165, 1.54) is 4.90 Å². The van der Waals surface area contributed by atoms with Crippen LogP contribution in [0.15, 0.2) is 60.7 Å². The number of carbonyl (C=O) groups excluding carboxylic acids is 1. The van der Waals surface area contributed by atoms with Crippen LogP contribution in [0.4, 0.5) is 5.69 Å². The first kappa shape index (κ1) is 23.9. The lowest BCUT2D eigenvalue weighted by Crippen LogP contribution is -2.33. The highest BCUT2D eigenvalue weighted by atomic mass is 35.5. The Balaban J connectivity index is 1.53. The van der Waals surface area contributed by atoms with Crippen molar-refractivity contribution in [2.45, 2.75) is 12.3 Å². The average molecular weight is 502 g/mol. The lowest BCUT2D eigenvalue weighted by Gasteiger charge is -2.24. The Morgan fingerprint density at radius 3 is 2.41 bits per heavy atom. The van der Waals surface area contributed by atoms with Gasteiger partial charge in [0.15, 0.2) is 0 Å². The molecule has 0 saturated heterocycles. The molecule has 0 bridgehead atoms. The first-order valence-corrected chi connectivity index (χ1v) is 11.3. The Labute approximate surface area is 206 Å². The van der Waals surface area contributed by atoms with Crippen LogP contribution >= 0.6 is 23.2 Å². The highest BCUT2D eigenvalue weighted by Crippen LogP contribution is 2.41. The molecule has 2 N–H and O–H groups in total. The smallest absolute Gasteiger partial charge is 0.311 e. The van der Waals surface area contributed by atoms with Crippen LogP contribution in [-0.2, 0) is 4.79 Å². The highest BCUT2D eigenvalue weighted by Gasteiger charge is 2.29. The fraction of sp³-hybridized carbons (Fsp3) is 0.200. The third kappa shape index (κ3) is 5.12. The minimum Gasteiger partial charge on any atom is -0.493 e. The van der Waals surface area contributed by atoms with Gasteiger partial charge in [0.1, 0.15) is 17.2 Å². The molecule has 0 aromatic heterocycles.